The molecule has 2 N–H and O–H groups in total. The van der Waals surface area contributed by atoms with Crippen LogP contribution in [0.1, 0.15) is 19.8 Å². The molecule has 34 heavy (non-hydrogen) atoms. The summed E-state index contributed by atoms with van der Waals surface area (Å²) in [6.45, 7) is 1.91. The Balaban J connectivity index is 1.30. The van der Waals surface area contributed by atoms with E-state index < -0.39 is 10.0 Å². The van der Waals surface area contributed by atoms with Crippen LogP contribution in [0.4, 0.5) is 11.4 Å². The number of carbonyl (C=O) groups excluding carboxylic acids is 1. The topological polar surface area (TPSA) is 140 Å². The van der Waals surface area contributed by atoms with Gasteiger partial charge in [-0.05, 0) is 55.3 Å². The first-order valence-electron chi connectivity index (χ1n) is 10.5. The number of hydrogen-bond acceptors (Lipinski definition) is 8. The number of hydrogen-bond donors (Lipinski definition) is 2. The van der Waals surface area contributed by atoms with E-state index >= 15 is 0 Å². The number of nitrogens with one attached hydrogen (secondary N) is 2. The average molecular weight is 477 g/mol. The number of aromatic nitrogens is 4. The van der Waals surface area contributed by atoms with Gasteiger partial charge in [0.2, 0.25) is 11.7 Å². The summed E-state index contributed by atoms with van der Waals surface area (Å²) in [6.07, 6.45) is 6.27. The molecule has 0 spiro atoms. The second-order valence-electron chi connectivity index (χ2n) is 8.24. The maximum atomic E-state index is 12.9. The molecule has 0 atom stereocenters. The lowest BCUT2D eigenvalue weighted by molar-refractivity contribution is -0.120. The zero-order valence-corrected chi connectivity index (χ0v) is 18.9. The minimum atomic E-state index is -3.86. The Hall–Kier alpha value is -4.12. The molecule has 1 fully saturated rings. The van der Waals surface area contributed by atoms with E-state index in [1.807, 2.05) is 6.92 Å². The van der Waals surface area contributed by atoms with Gasteiger partial charge in [0.25, 0.3) is 15.9 Å². The van der Waals surface area contributed by atoms with Crippen molar-refractivity contribution in [2.24, 2.45) is 5.41 Å². The van der Waals surface area contributed by atoms with E-state index in [2.05, 4.69) is 30.1 Å². The predicted molar refractivity (Wildman–Crippen MR) is 124 cm³/mol. The summed E-state index contributed by atoms with van der Waals surface area (Å²) in [6, 6.07) is 12.7. The summed E-state index contributed by atoms with van der Waals surface area (Å²) in [5.74, 6) is 0.446. The van der Waals surface area contributed by atoms with Crippen LogP contribution in [0.15, 0.2) is 76.5 Å². The summed E-state index contributed by atoms with van der Waals surface area (Å²) in [5.41, 5.74) is 1.57. The molecule has 1 aliphatic carbocycles. The van der Waals surface area contributed by atoms with Crippen LogP contribution >= 0.6 is 0 Å². The first-order chi connectivity index (χ1) is 16.3. The Bertz CT molecular complexity index is 1450. The number of anilines is 2. The molecule has 172 valence electrons. The van der Waals surface area contributed by atoms with Crippen LogP contribution in [0.5, 0.6) is 0 Å². The number of sulfonamides is 1. The fourth-order valence-corrected chi connectivity index (χ4v) is 4.26. The molecule has 0 bridgehead atoms. The van der Waals surface area contributed by atoms with Gasteiger partial charge in [-0.1, -0.05) is 18.1 Å². The Morgan fingerprint density at radius 2 is 1.82 bits per heavy atom. The van der Waals surface area contributed by atoms with Crippen molar-refractivity contribution in [2.45, 2.75) is 24.7 Å². The number of rotatable bonds is 7. The fourth-order valence-electron chi connectivity index (χ4n) is 3.21. The van der Waals surface area contributed by atoms with Gasteiger partial charge in [0.1, 0.15) is 5.69 Å². The summed E-state index contributed by atoms with van der Waals surface area (Å²) >= 11 is 0. The minimum absolute atomic E-state index is 0.0629. The Labute approximate surface area is 195 Å². The SMILES string of the molecule is CC1(C(=O)Nc2cccc(NS(=O)(=O)c3ccc(-c4noc(-c5cnccn5)n4)cc3)c2)CC1. The normalized spacial score (nSPS) is 14.4. The van der Waals surface area contributed by atoms with Gasteiger partial charge in [0, 0.05) is 29.1 Å². The molecule has 1 aliphatic rings. The van der Waals surface area contributed by atoms with Crippen LogP contribution in [0.2, 0.25) is 0 Å². The van der Waals surface area contributed by atoms with Crippen LogP contribution in [-0.2, 0) is 14.8 Å². The molecule has 1 amide bonds. The van der Waals surface area contributed by atoms with E-state index in [0.29, 0.717) is 28.5 Å². The Morgan fingerprint density at radius 1 is 1.06 bits per heavy atom. The highest BCUT2D eigenvalue weighted by molar-refractivity contribution is 7.92. The lowest BCUT2D eigenvalue weighted by Crippen LogP contribution is -2.21. The molecule has 2 aromatic heterocycles. The molecule has 0 unspecified atom stereocenters. The molecule has 0 aliphatic heterocycles. The lowest BCUT2D eigenvalue weighted by atomic mass is 10.1. The van der Waals surface area contributed by atoms with Gasteiger partial charge < -0.3 is 9.84 Å². The van der Waals surface area contributed by atoms with Crippen molar-refractivity contribution in [3.63, 3.8) is 0 Å². The fraction of sp³-hybridized carbons (Fsp3) is 0.174. The second kappa shape index (κ2) is 8.34. The molecule has 10 nitrogen and oxygen atoms in total. The van der Waals surface area contributed by atoms with Gasteiger partial charge in [-0.25, -0.2) is 13.4 Å². The number of carbonyl (C=O) groups is 1. The largest absolute Gasteiger partial charge is 0.332 e. The molecule has 11 heteroatoms. The van der Waals surface area contributed by atoms with Crippen LogP contribution in [-0.4, -0.2) is 34.4 Å². The van der Waals surface area contributed by atoms with Crippen molar-refractivity contribution < 1.29 is 17.7 Å². The van der Waals surface area contributed by atoms with Gasteiger partial charge >= 0.3 is 0 Å². The van der Waals surface area contributed by atoms with E-state index in [4.69, 9.17) is 4.52 Å². The maximum absolute atomic E-state index is 12.9. The molecule has 0 saturated heterocycles. The van der Waals surface area contributed by atoms with Gasteiger partial charge in [-0.15, -0.1) is 0 Å². The summed E-state index contributed by atoms with van der Waals surface area (Å²) in [4.78, 5) is 24.7. The highest BCUT2D eigenvalue weighted by Crippen LogP contribution is 2.45. The van der Waals surface area contributed by atoms with Gasteiger partial charge in [0.15, 0.2) is 0 Å². The zero-order valence-electron chi connectivity index (χ0n) is 18.1. The van der Waals surface area contributed by atoms with Crippen molar-refractivity contribution >= 4 is 27.3 Å². The smallest absolute Gasteiger partial charge is 0.278 e. The second-order valence-corrected chi connectivity index (χ2v) is 9.92. The molecule has 5 rings (SSSR count). The molecular weight excluding hydrogens is 456 g/mol. The molecule has 2 aromatic carbocycles. The van der Waals surface area contributed by atoms with E-state index in [1.165, 1.54) is 30.7 Å². The van der Waals surface area contributed by atoms with Gasteiger partial charge in [0.05, 0.1) is 16.8 Å². The van der Waals surface area contributed by atoms with Crippen molar-refractivity contribution in [2.75, 3.05) is 10.0 Å². The molecule has 0 radical (unpaired) electrons. The summed E-state index contributed by atoms with van der Waals surface area (Å²) < 4.78 is 33.5. The van der Waals surface area contributed by atoms with Gasteiger partial charge in [-0.3, -0.25) is 14.5 Å². The standard InChI is InChI=1S/C23H20N6O4S/c1-23(9-10-23)22(30)26-16-3-2-4-17(13-16)29-34(31,32)18-7-5-15(6-8-18)20-27-21(33-28-20)19-14-24-11-12-25-19/h2-8,11-14,29H,9-10H2,1H3,(H,26,30). The predicted octanol–water partition coefficient (Wildman–Crippen LogP) is 3.73. The van der Waals surface area contributed by atoms with Crippen molar-refractivity contribution in [1.82, 2.24) is 20.1 Å². The van der Waals surface area contributed by atoms with E-state index in [-0.39, 0.29) is 22.1 Å². The third-order valence-electron chi connectivity index (χ3n) is 5.55. The summed E-state index contributed by atoms with van der Waals surface area (Å²) in [7, 11) is -3.86. The number of nitrogens with zero attached hydrogens (tertiary/aromatic N) is 4. The molecule has 2 heterocycles. The van der Waals surface area contributed by atoms with Crippen molar-refractivity contribution in [3.8, 4) is 23.0 Å². The highest BCUT2D eigenvalue weighted by Gasteiger charge is 2.44. The number of amides is 1. The number of benzene rings is 2. The molecule has 1 saturated carbocycles. The lowest BCUT2D eigenvalue weighted by Gasteiger charge is -2.12. The van der Waals surface area contributed by atoms with Crippen LogP contribution in [0.3, 0.4) is 0 Å². The first-order valence-corrected chi connectivity index (χ1v) is 12.0. The Kier molecular flexibility index (Phi) is 5.33. The van der Waals surface area contributed by atoms with Crippen LogP contribution in [0.25, 0.3) is 23.0 Å². The van der Waals surface area contributed by atoms with E-state index in [1.54, 1.807) is 36.4 Å². The van der Waals surface area contributed by atoms with Gasteiger partial charge in [-0.2, -0.15) is 4.98 Å². The summed E-state index contributed by atoms with van der Waals surface area (Å²) in [5, 5.41) is 6.77. The monoisotopic (exact) mass is 476 g/mol. The third-order valence-corrected chi connectivity index (χ3v) is 6.95. The zero-order chi connectivity index (χ0) is 23.8. The highest BCUT2D eigenvalue weighted by atomic mass is 32.2. The first kappa shape index (κ1) is 21.7. The quantitative estimate of drug-likeness (QED) is 0.411. The Morgan fingerprint density at radius 3 is 2.53 bits per heavy atom. The third kappa shape index (κ3) is 4.50. The minimum Gasteiger partial charge on any atom is -0.332 e. The maximum Gasteiger partial charge on any atom is 0.278 e. The van der Waals surface area contributed by atoms with E-state index in [9.17, 15) is 13.2 Å². The van der Waals surface area contributed by atoms with Crippen molar-refractivity contribution in [3.05, 3.63) is 67.1 Å². The van der Waals surface area contributed by atoms with E-state index in [0.717, 1.165) is 12.8 Å². The van der Waals surface area contributed by atoms with Crippen LogP contribution in [0, 0.1) is 5.41 Å². The molecular formula is C23H20N6O4S. The van der Waals surface area contributed by atoms with Crippen LogP contribution < -0.4 is 10.0 Å². The average Bonchev–Trinajstić information content (AvgIpc) is 3.40. The van der Waals surface area contributed by atoms with Crippen molar-refractivity contribution in [1.29, 1.82) is 0 Å². The molecule has 4 aromatic rings.